The van der Waals surface area contributed by atoms with Crippen molar-refractivity contribution in [1.29, 1.82) is 0 Å². The standard InChI is InChI=1S/C15H16F2N2O/c1-9-7-19-14(10(2)15(9)20-3)8-18-13-5-11(16)4-12(17)6-13/h4-7,18H,8H2,1-3H3. The molecule has 0 radical (unpaired) electrons. The average Bonchev–Trinajstić information content (AvgIpc) is 2.37. The minimum Gasteiger partial charge on any atom is -0.496 e. The molecule has 0 saturated carbocycles. The smallest absolute Gasteiger partial charge is 0.128 e. The number of aromatic nitrogens is 1. The van der Waals surface area contributed by atoms with Gasteiger partial charge < -0.3 is 10.1 Å². The lowest BCUT2D eigenvalue weighted by Gasteiger charge is -2.13. The van der Waals surface area contributed by atoms with Gasteiger partial charge in [-0.2, -0.15) is 0 Å². The molecule has 0 bridgehead atoms. The van der Waals surface area contributed by atoms with Gasteiger partial charge in [0.05, 0.1) is 19.3 Å². The molecule has 5 heteroatoms. The van der Waals surface area contributed by atoms with E-state index in [1.807, 2.05) is 13.8 Å². The van der Waals surface area contributed by atoms with Crippen molar-refractivity contribution in [1.82, 2.24) is 4.98 Å². The van der Waals surface area contributed by atoms with Crippen LogP contribution in [0.5, 0.6) is 5.75 Å². The van der Waals surface area contributed by atoms with E-state index in [-0.39, 0.29) is 0 Å². The van der Waals surface area contributed by atoms with E-state index in [4.69, 9.17) is 4.74 Å². The quantitative estimate of drug-likeness (QED) is 0.928. The molecule has 1 aromatic carbocycles. The summed E-state index contributed by atoms with van der Waals surface area (Å²) in [6.07, 6.45) is 1.72. The number of hydrogen-bond donors (Lipinski definition) is 1. The van der Waals surface area contributed by atoms with Gasteiger partial charge in [0, 0.05) is 29.1 Å². The maximum Gasteiger partial charge on any atom is 0.128 e. The zero-order chi connectivity index (χ0) is 14.7. The average molecular weight is 278 g/mol. The fraction of sp³-hybridized carbons (Fsp3) is 0.267. The van der Waals surface area contributed by atoms with Crippen LogP contribution in [-0.4, -0.2) is 12.1 Å². The van der Waals surface area contributed by atoms with E-state index in [0.29, 0.717) is 12.2 Å². The van der Waals surface area contributed by atoms with Crippen LogP contribution in [0.3, 0.4) is 0 Å². The van der Waals surface area contributed by atoms with Crippen molar-refractivity contribution in [3.05, 3.63) is 52.9 Å². The van der Waals surface area contributed by atoms with Gasteiger partial charge in [0.25, 0.3) is 0 Å². The molecule has 1 aromatic heterocycles. The lowest BCUT2D eigenvalue weighted by Crippen LogP contribution is -2.06. The van der Waals surface area contributed by atoms with Crippen LogP contribution in [0.1, 0.15) is 16.8 Å². The Kier molecular flexibility index (Phi) is 4.17. The van der Waals surface area contributed by atoms with Gasteiger partial charge in [-0.1, -0.05) is 0 Å². The molecule has 1 heterocycles. The van der Waals surface area contributed by atoms with Crippen LogP contribution in [0.2, 0.25) is 0 Å². The first-order valence-corrected chi connectivity index (χ1v) is 6.20. The first-order valence-electron chi connectivity index (χ1n) is 6.20. The van der Waals surface area contributed by atoms with E-state index in [9.17, 15) is 8.78 Å². The summed E-state index contributed by atoms with van der Waals surface area (Å²) in [5, 5.41) is 2.96. The second-order valence-corrected chi connectivity index (χ2v) is 4.56. The first kappa shape index (κ1) is 14.2. The van der Waals surface area contributed by atoms with Crippen molar-refractivity contribution in [2.75, 3.05) is 12.4 Å². The number of aryl methyl sites for hydroxylation is 1. The van der Waals surface area contributed by atoms with Gasteiger partial charge in [0.2, 0.25) is 0 Å². The third-order valence-corrected chi connectivity index (χ3v) is 3.07. The molecule has 3 nitrogen and oxygen atoms in total. The Hall–Kier alpha value is -2.17. The summed E-state index contributed by atoms with van der Waals surface area (Å²) >= 11 is 0. The summed E-state index contributed by atoms with van der Waals surface area (Å²) in [6.45, 7) is 4.19. The fourth-order valence-electron chi connectivity index (χ4n) is 2.09. The summed E-state index contributed by atoms with van der Waals surface area (Å²) < 4.78 is 31.5. The predicted octanol–water partition coefficient (Wildman–Crippen LogP) is 3.60. The van der Waals surface area contributed by atoms with Gasteiger partial charge >= 0.3 is 0 Å². The number of nitrogens with zero attached hydrogens (tertiary/aromatic N) is 1. The van der Waals surface area contributed by atoms with Gasteiger partial charge in [0.1, 0.15) is 17.4 Å². The Morgan fingerprint density at radius 2 is 1.80 bits per heavy atom. The first-order chi connectivity index (χ1) is 9.51. The second kappa shape index (κ2) is 5.86. The zero-order valence-corrected chi connectivity index (χ0v) is 11.6. The van der Waals surface area contributed by atoms with Crippen LogP contribution in [0.15, 0.2) is 24.4 Å². The van der Waals surface area contributed by atoms with Crippen molar-refractivity contribution < 1.29 is 13.5 Å². The minimum atomic E-state index is -0.612. The Labute approximate surface area is 116 Å². The number of pyridine rings is 1. The van der Waals surface area contributed by atoms with E-state index in [0.717, 1.165) is 28.6 Å². The molecule has 0 atom stereocenters. The Morgan fingerprint density at radius 1 is 1.15 bits per heavy atom. The Balaban J connectivity index is 2.19. The van der Waals surface area contributed by atoms with Crippen molar-refractivity contribution in [3.63, 3.8) is 0 Å². The van der Waals surface area contributed by atoms with E-state index in [2.05, 4.69) is 10.3 Å². The van der Waals surface area contributed by atoms with E-state index >= 15 is 0 Å². The molecule has 0 unspecified atom stereocenters. The topological polar surface area (TPSA) is 34.1 Å². The molecule has 2 rings (SSSR count). The molecular formula is C15H16F2N2O. The summed E-state index contributed by atoms with van der Waals surface area (Å²) in [5.41, 5.74) is 3.02. The largest absolute Gasteiger partial charge is 0.496 e. The van der Waals surface area contributed by atoms with Gasteiger partial charge in [-0.05, 0) is 26.0 Å². The highest BCUT2D eigenvalue weighted by molar-refractivity contribution is 5.46. The number of hydrogen-bond acceptors (Lipinski definition) is 3. The molecule has 0 amide bonds. The second-order valence-electron chi connectivity index (χ2n) is 4.56. The molecule has 106 valence electrons. The summed E-state index contributed by atoms with van der Waals surface area (Å²) in [5.74, 6) is -0.445. The van der Waals surface area contributed by atoms with Crippen molar-refractivity contribution in [3.8, 4) is 5.75 Å². The highest BCUT2D eigenvalue weighted by atomic mass is 19.1. The van der Waals surface area contributed by atoms with Gasteiger partial charge in [-0.15, -0.1) is 0 Å². The number of benzene rings is 1. The summed E-state index contributed by atoms with van der Waals surface area (Å²) in [4.78, 5) is 4.32. The SMILES string of the molecule is COc1c(C)cnc(CNc2cc(F)cc(F)c2)c1C. The van der Waals surface area contributed by atoms with Crippen LogP contribution in [0.4, 0.5) is 14.5 Å². The maximum atomic E-state index is 13.1. The number of anilines is 1. The summed E-state index contributed by atoms with van der Waals surface area (Å²) in [7, 11) is 1.61. The molecular weight excluding hydrogens is 262 g/mol. The third kappa shape index (κ3) is 3.04. The molecule has 0 spiro atoms. The number of rotatable bonds is 4. The van der Waals surface area contributed by atoms with Crippen LogP contribution in [-0.2, 0) is 6.54 Å². The van der Waals surface area contributed by atoms with Gasteiger partial charge in [-0.3, -0.25) is 4.98 Å². The number of ether oxygens (including phenoxy) is 1. The van der Waals surface area contributed by atoms with Crippen LogP contribution >= 0.6 is 0 Å². The van der Waals surface area contributed by atoms with Gasteiger partial charge in [0.15, 0.2) is 0 Å². The van der Waals surface area contributed by atoms with Crippen molar-refractivity contribution in [2.24, 2.45) is 0 Å². The van der Waals surface area contributed by atoms with Crippen LogP contribution in [0.25, 0.3) is 0 Å². The highest BCUT2D eigenvalue weighted by Gasteiger charge is 2.09. The molecule has 0 aliphatic carbocycles. The lowest BCUT2D eigenvalue weighted by molar-refractivity contribution is 0.407. The molecule has 20 heavy (non-hydrogen) atoms. The van der Waals surface area contributed by atoms with Crippen molar-refractivity contribution in [2.45, 2.75) is 20.4 Å². The molecule has 1 N–H and O–H groups in total. The normalized spacial score (nSPS) is 10.4. The number of halogens is 2. The molecule has 0 fully saturated rings. The zero-order valence-electron chi connectivity index (χ0n) is 11.6. The maximum absolute atomic E-state index is 13.1. The van der Waals surface area contributed by atoms with Crippen molar-refractivity contribution >= 4 is 5.69 Å². The van der Waals surface area contributed by atoms with Crippen LogP contribution < -0.4 is 10.1 Å². The fourth-order valence-corrected chi connectivity index (χ4v) is 2.09. The van der Waals surface area contributed by atoms with Crippen LogP contribution in [0, 0.1) is 25.5 Å². The van der Waals surface area contributed by atoms with Gasteiger partial charge in [-0.25, -0.2) is 8.78 Å². The molecule has 0 saturated heterocycles. The number of methoxy groups -OCH3 is 1. The van der Waals surface area contributed by atoms with E-state index in [1.165, 1.54) is 12.1 Å². The van der Waals surface area contributed by atoms with E-state index < -0.39 is 11.6 Å². The third-order valence-electron chi connectivity index (χ3n) is 3.07. The Morgan fingerprint density at radius 3 is 2.40 bits per heavy atom. The molecule has 0 aliphatic rings. The Bertz CT molecular complexity index is 609. The minimum absolute atomic E-state index is 0.366. The molecule has 2 aromatic rings. The predicted molar refractivity (Wildman–Crippen MR) is 73.9 cm³/mol. The van der Waals surface area contributed by atoms with E-state index in [1.54, 1.807) is 13.3 Å². The highest BCUT2D eigenvalue weighted by Crippen LogP contribution is 2.24. The summed E-state index contributed by atoms with van der Waals surface area (Å²) in [6, 6.07) is 3.32. The number of nitrogens with one attached hydrogen (secondary N) is 1. The monoisotopic (exact) mass is 278 g/mol. The molecule has 0 aliphatic heterocycles. The lowest BCUT2D eigenvalue weighted by atomic mass is 10.1.